The van der Waals surface area contributed by atoms with Crippen LogP contribution in [0.25, 0.3) is 5.13 Å². The summed E-state index contributed by atoms with van der Waals surface area (Å²) in [5, 5.41) is 10.7. The van der Waals surface area contributed by atoms with Gasteiger partial charge in [0.15, 0.2) is 0 Å². The molecule has 2 heterocycles. The van der Waals surface area contributed by atoms with Gasteiger partial charge in [-0.1, -0.05) is 6.92 Å². The van der Waals surface area contributed by atoms with Gasteiger partial charge in [-0.3, -0.25) is 0 Å². The predicted molar refractivity (Wildman–Crippen MR) is 71.1 cm³/mol. The van der Waals surface area contributed by atoms with E-state index in [9.17, 15) is 0 Å². The Morgan fingerprint density at radius 1 is 1.47 bits per heavy atom. The first kappa shape index (κ1) is 12.3. The second-order valence-electron chi connectivity index (χ2n) is 4.27. The van der Waals surface area contributed by atoms with Gasteiger partial charge < -0.3 is 5.32 Å². The van der Waals surface area contributed by atoms with Gasteiger partial charge in [0, 0.05) is 29.4 Å². The maximum Gasteiger partial charge on any atom is 0.210 e. The molecule has 0 aliphatic carbocycles. The Morgan fingerprint density at radius 2 is 2.24 bits per heavy atom. The van der Waals surface area contributed by atoms with Crippen LogP contribution in [0.15, 0.2) is 11.6 Å². The van der Waals surface area contributed by atoms with Crippen LogP contribution < -0.4 is 5.32 Å². The molecule has 1 N–H and O–H groups in total. The molecule has 0 bridgehead atoms. The van der Waals surface area contributed by atoms with Crippen LogP contribution in [0.2, 0.25) is 0 Å². The van der Waals surface area contributed by atoms with Gasteiger partial charge in [-0.05, 0) is 26.8 Å². The van der Waals surface area contributed by atoms with Crippen molar-refractivity contribution in [3.05, 3.63) is 28.5 Å². The minimum absolute atomic E-state index is 0.466. The number of likely N-dealkylation sites (N-methyl/N-ethyl adjacent to an activating group) is 1. The number of hydrogen-bond acceptors (Lipinski definition) is 4. The van der Waals surface area contributed by atoms with E-state index in [-0.39, 0.29) is 0 Å². The summed E-state index contributed by atoms with van der Waals surface area (Å²) >= 11 is 1.61. The highest BCUT2D eigenvalue weighted by molar-refractivity contribution is 7.12. The molecule has 2 aromatic rings. The van der Waals surface area contributed by atoms with Crippen LogP contribution in [0.5, 0.6) is 0 Å². The highest BCUT2D eigenvalue weighted by Crippen LogP contribution is 2.25. The number of hydrogen-bond donors (Lipinski definition) is 1. The Morgan fingerprint density at radius 3 is 2.82 bits per heavy atom. The number of nitrogens with zero attached hydrogens (tertiary/aromatic N) is 3. The first-order valence-corrected chi connectivity index (χ1v) is 6.63. The van der Waals surface area contributed by atoms with Crippen molar-refractivity contribution in [3.63, 3.8) is 0 Å². The average molecular weight is 250 g/mol. The van der Waals surface area contributed by atoms with Crippen LogP contribution in [0.4, 0.5) is 0 Å². The van der Waals surface area contributed by atoms with Gasteiger partial charge >= 0.3 is 0 Å². The molecule has 0 aromatic carbocycles. The van der Waals surface area contributed by atoms with E-state index < -0.39 is 0 Å². The molecule has 4 nitrogen and oxygen atoms in total. The molecule has 0 fully saturated rings. The molecule has 5 heteroatoms. The highest BCUT2D eigenvalue weighted by Gasteiger charge is 2.18. The second kappa shape index (κ2) is 4.98. The number of thiazole rings is 1. The summed E-state index contributed by atoms with van der Waals surface area (Å²) in [5.74, 6) is 0.466. The summed E-state index contributed by atoms with van der Waals surface area (Å²) in [6.07, 6.45) is 1.81. The van der Waals surface area contributed by atoms with Crippen LogP contribution in [-0.4, -0.2) is 28.4 Å². The lowest BCUT2D eigenvalue weighted by Gasteiger charge is -2.11. The van der Waals surface area contributed by atoms with E-state index in [0.29, 0.717) is 5.92 Å². The van der Waals surface area contributed by atoms with Crippen molar-refractivity contribution in [2.75, 3.05) is 13.6 Å². The van der Waals surface area contributed by atoms with E-state index in [4.69, 9.17) is 0 Å². The van der Waals surface area contributed by atoms with Crippen LogP contribution in [0.3, 0.4) is 0 Å². The van der Waals surface area contributed by atoms with Crippen molar-refractivity contribution in [3.8, 4) is 5.13 Å². The summed E-state index contributed by atoms with van der Waals surface area (Å²) in [6.45, 7) is 7.37. The first-order valence-electron chi connectivity index (χ1n) is 5.75. The molecule has 0 saturated carbocycles. The van der Waals surface area contributed by atoms with E-state index in [1.54, 1.807) is 11.3 Å². The van der Waals surface area contributed by atoms with Crippen molar-refractivity contribution in [1.29, 1.82) is 0 Å². The van der Waals surface area contributed by atoms with E-state index in [0.717, 1.165) is 17.4 Å². The lowest BCUT2D eigenvalue weighted by Crippen LogP contribution is -2.15. The topological polar surface area (TPSA) is 42.7 Å². The zero-order chi connectivity index (χ0) is 12.4. The van der Waals surface area contributed by atoms with Crippen molar-refractivity contribution in [1.82, 2.24) is 20.1 Å². The third-order valence-electron chi connectivity index (χ3n) is 2.95. The number of nitrogens with one attached hydrogen (secondary N) is 1. The SMILES string of the molecule is CNCC(C)c1c(C)nn(-c2nccs2)c1C. The Kier molecular flexibility index (Phi) is 3.59. The van der Waals surface area contributed by atoms with Crippen molar-refractivity contribution in [2.24, 2.45) is 0 Å². The minimum atomic E-state index is 0.466. The van der Waals surface area contributed by atoms with Crippen LogP contribution in [-0.2, 0) is 0 Å². The van der Waals surface area contributed by atoms with Crippen LogP contribution in [0.1, 0.15) is 29.8 Å². The average Bonchev–Trinajstić information content (AvgIpc) is 2.87. The van der Waals surface area contributed by atoms with E-state index >= 15 is 0 Å². The molecule has 0 amide bonds. The van der Waals surface area contributed by atoms with E-state index in [1.807, 2.05) is 23.3 Å². The maximum atomic E-state index is 4.59. The molecule has 0 radical (unpaired) electrons. The molecular weight excluding hydrogens is 232 g/mol. The number of aryl methyl sites for hydroxylation is 1. The molecule has 92 valence electrons. The standard InChI is InChI=1S/C12H18N4S/c1-8(7-13-4)11-9(2)15-16(10(11)3)12-14-5-6-17-12/h5-6,8,13H,7H2,1-4H3. The van der Waals surface area contributed by atoms with Crippen LogP contribution in [0, 0.1) is 13.8 Å². The largest absolute Gasteiger partial charge is 0.319 e. The number of aromatic nitrogens is 3. The van der Waals surface area contributed by atoms with Gasteiger partial charge in [0.2, 0.25) is 5.13 Å². The third-order valence-corrected chi connectivity index (χ3v) is 3.70. The van der Waals surface area contributed by atoms with Crippen molar-refractivity contribution in [2.45, 2.75) is 26.7 Å². The monoisotopic (exact) mass is 250 g/mol. The molecule has 0 saturated heterocycles. The van der Waals surface area contributed by atoms with Crippen LogP contribution >= 0.6 is 11.3 Å². The van der Waals surface area contributed by atoms with Gasteiger partial charge in [0.05, 0.1) is 5.69 Å². The Labute approximate surface area is 106 Å². The van der Waals surface area contributed by atoms with Crippen molar-refractivity contribution < 1.29 is 0 Å². The molecule has 0 spiro atoms. The van der Waals surface area contributed by atoms with E-state index in [2.05, 4.69) is 36.2 Å². The molecule has 2 rings (SSSR count). The predicted octanol–water partition coefficient (Wildman–Crippen LogP) is 2.27. The molecule has 1 atom stereocenters. The first-order chi connectivity index (χ1) is 8.15. The summed E-state index contributed by atoms with van der Waals surface area (Å²) in [7, 11) is 1.98. The molecule has 17 heavy (non-hydrogen) atoms. The fourth-order valence-electron chi connectivity index (χ4n) is 2.28. The second-order valence-corrected chi connectivity index (χ2v) is 5.14. The highest BCUT2D eigenvalue weighted by atomic mass is 32.1. The number of rotatable bonds is 4. The van der Waals surface area contributed by atoms with E-state index in [1.165, 1.54) is 11.3 Å². The van der Waals surface area contributed by atoms with Crippen molar-refractivity contribution >= 4 is 11.3 Å². The summed E-state index contributed by atoms with van der Waals surface area (Å²) in [5.41, 5.74) is 3.62. The zero-order valence-corrected chi connectivity index (χ0v) is 11.5. The zero-order valence-electron chi connectivity index (χ0n) is 10.7. The molecule has 0 aliphatic rings. The smallest absolute Gasteiger partial charge is 0.210 e. The third kappa shape index (κ3) is 2.25. The van der Waals surface area contributed by atoms with Gasteiger partial charge in [0.25, 0.3) is 0 Å². The summed E-state index contributed by atoms with van der Waals surface area (Å²) in [6, 6.07) is 0. The molecular formula is C12H18N4S. The lowest BCUT2D eigenvalue weighted by molar-refractivity contribution is 0.670. The lowest BCUT2D eigenvalue weighted by atomic mass is 9.99. The summed E-state index contributed by atoms with van der Waals surface area (Å²) < 4.78 is 1.95. The quantitative estimate of drug-likeness (QED) is 0.905. The van der Waals surface area contributed by atoms with Gasteiger partial charge in [-0.15, -0.1) is 11.3 Å². The Hall–Kier alpha value is -1.20. The fourth-order valence-corrected chi connectivity index (χ4v) is 2.93. The Bertz CT molecular complexity index is 487. The molecule has 0 aliphatic heterocycles. The summed E-state index contributed by atoms with van der Waals surface area (Å²) in [4.78, 5) is 4.31. The van der Waals surface area contributed by atoms with Gasteiger partial charge in [-0.2, -0.15) is 5.10 Å². The fraction of sp³-hybridized carbons (Fsp3) is 0.500. The maximum absolute atomic E-state index is 4.59. The molecule has 2 aromatic heterocycles. The molecule has 1 unspecified atom stereocenters. The van der Waals surface area contributed by atoms with Gasteiger partial charge in [-0.25, -0.2) is 9.67 Å². The normalized spacial score (nSPS) is 12.9. The minimum Gasteiger partial charge on any atom is -0.319 e. The Balaban J connectivity index is 2.42. The van der Waals surface area contributed by atoms with Gasteiger partial charge in [0.1, 0.15) is 0 Å².